The van der Waals surface area contributed by atoms with E-state index in [0.717, 1.165) is 13.0 Å². The van der Waals surface area contributed by atoms with E-state index in [9.17, 15) is 18.0 Å². The van der Waals surface area contributed by atoms with Gasteiger partial charge in [0.1, 0.15) is 35.5 Å². The fourth-order valence-electron chi connectivity index (χ4n) is 3.28. The summed E-state index contributed by atoms with van der Waals surface area (Å²) in [7, 11) is -3.62. The fraction of sp³-hybridized carbons (Fsp3) is 0.692. The van der Waals surface area contributed by atoms with Crippen LogP contribution in [0.3, 0.4) is 0 Å². The van der Waals surface area contributed by atoms with Crippen molar-refractivity contribution in [1.29, 1.82) is 0 Å². The summed E-state index contributed by atoms with van der Waals surface area (Å²) in [6.07, 6.45) is 4.91. The molecule has 3 rings (SSSR count). The molecule has 1 aromatic heterocycles. The molecule has 2 fully saturated rings. The second-order valence-electron chi connectivity index (χ2n) is 6.05. The lowest BCUT2D eigenvalue weighted by atomic mass is 9.97. The number of rotatable bonds is 5. The Balaban J connectivity index is 1.95. The quantitative estimate of drug-likeness (QED) is 0.388. The molecule has 120 valence electrons. The van der Waals surface area contributed by atoms with Crippen LogP contribution in [0.4, 0.5) is 0 Å². The molecule has 2 saturated heterocycles. The molecule has 2 aliphatic rings. The summed E-state index contributed by atoms with van der Waals surface area (Å²) in [6, 6.07) is -0.951. The van der Waals surface area contributed by atoms with Gasteiger partial charge in [-0.05, 0) is 13.3 Å². The topological polar surface area (TPSA) is 93.2 Å². The molecule has 0 aromatic carbocycles. The van der Waals surface area contributed by atoms with E-state index in [1.54, 1.807) is 17.1 Å². The highest BCUT2D eigenvalue weighted by Gasteiger charge is 2.68. The average Bonchev–Trinajstić information content (AvgIpc) is 2.92. The molecular weight excluding hydrogens is 308 g/mol. The van der Waals surface area contributed by atoms with Gasteiger partial charge in [-0.2, -0.15) is 0 Å². The van der Waals surface area contributed by atoms with Gasteiger partial charge in [-0.15, -0.1) is 9.36 Å². The van der Waals surface area contributed by atoms with Crippen LogP contribution in [0, 0.1) is 0 Å². The maximum Gasteiger partial charge on any atom is 0.227 e. The molecule has 9 heteroatoms. The molecule has 0 spiro atoms. The maximum absolute atomic E-state index is 12.7. The summed E-state index contributed by atoms with van der Waals surface area (Å²) in [6.45, 7) is 4.34. The monoisotopic (exact) mass is 327 g/mol. The lowest BCUT2D eigenvalue weighted by molar-refractivity contribution is -0.758. The Hall–Kier alpha value is -1.77. The number of sulfone groups is 1. The first-order chi connectivity index (χ1) is 10.3. The van der Waals surface area contributed by atoms with E-state index >= 15 is 0 Å². The Morgan fingerprint density at radius 1 is 1.55 bits per heavy atom. The van der Waals surface area contributed by atoms with Crippen LogP contribution in [0.5, 0.6) is 0 Å². The van der Waals surface area contributed by atoms with Gasteiger partial charge in [0.15, 0.2) is 22.2 Å². The minimum Gasteiger partial charge on any atom is -0.313 e. The summed E-state index contributed by atoms with van der Waals surface area (Å²) in [4.78, 5) is 24.3. The van der Waals surface area contributed by atoms with Crippen molar-refractivity contribution in [2.75, 3.05) is 0 Å². The van der Waals surface area contributed by atoms with Crippen molar-refractivity contribution in [2.24, 2.45) is 0 Å². The van der Waals surface area contributed by atoms with Crippen molar-refractivity contribution < 1.29 is 22.7 Å². The number of carbonyl (C=O) groups excluding carboxylic acids is 2. The number of aldehydes is 1. The van der Waals surface area contributed by atoms with Gasteiger partial charge in [-0.1, -0.05) is 6.92 Å². The third kappa shape index (κ3) is 1.84. The largest absolute Gasteiger partial charge is 0.313 e. The number of aryl methyl sites for hydroxylation is 1. The number of aromatic nitrogens is 3. The molecule has 8 nitrogen and oxygen atoms in total. The van der Waals surface area contributed by atoms with E-state index in [0.29, 0.717) is 6.29 Å². The predicted molar refractivity (Wildman–Crippen MR) is 75.1 cm³/mol. The van der Waals surface area contributed by atoms with Gasteiger partial charge in [0.25, 0.3) is 0 Å². The Morgan fingerprint density at radius 2 is 2.27 bits per heavy atom. The minimum atomic E-state index is -3.62. The molecule has 2 aliphatic heterocycles. The van der Waals surface area contributed by atoms with Crippen LogP contribution >= 0.6 is 0 Å². The second-order valence-corrected chi connectivity index (χ2v) is 8.61. The molecule has 3 heterocycles. The third-order valence-corrected chi connectivity index (χ3v) is 7.36. The molecule has 0 radical (unpaired) electrons. The van der Waals surface area contributed by atoms with Crippen molar-refractivity contribution in [3.05, 3.63) is 12.4 Å². The average molecular weight is 327 g/mol. The first kappa shape index (κ1) is 15.1. The number of nitrogens with zero attached hydrogens (tertiary/aromatic N) is 4. The molecule has 1 amide bonds. The van der Waals surface area contributed by atoms with Crippen molar-refractivity contribution in [3.63, 3.8) is 0 Å². The van der Waals surface area contributed by atoms with E-state index in [1.165, 1.54) is 16.5 Å². The highest BCUT2D eigenvalue weighted by Crippen LogP contribution is 2.45. The normalized spacial score (nSPS) is 32.6. The van der Waals surface area contributed by atoms with Crippen LogP contribution in [0.15, 0.2) is 12.4 Å². The first-order valence-corrected chi connectivity index (χ1v) is 8.83. The highest BCUT2D eigenvalue weighted by molar-refractivity contribution is 7.93. The molecule has 1 unspecified atom stereocenters. The SMILES string of the molecule is CCCn1cc[n+](C[C@@]2(C)[C@H](C=O)N3C(=O)CC3S2(=O)=O)n1. The third-order valence-electron chi connectivity index (χ3n) is 4.58. The number of hydrogen-bond acceptors (Lipinski definition) is 5. The molecule has 1 aromatic rings. The zero-order valence-corrected chi connectivity index (χ0v) is 13.4. The molecule has 3 atom stereocenters. The summed E-state index contributed by atoms with van der Waals surface area (Å²) in [5, 5.41) is 3.42. The molecule has 0 N–H and O–H groups in total. The Labute approximate surface area is 128 Å². The zero-order chi connectivity index (χ0) is 16.1. The smallest absolute Gasteiger partial charge is 0.227 e. The van der Waals surface area contributed by atoms with Gasteiger partial charge in [0.2, 0.25) is 5.91 Å². The summed E-state index contributed by atoms with van der Waals surface area (Å²) in [5.41, 5.74) is 0. The zero-order valence-electron chi connectivity index (χ0n) is 12.5. The van der Waals surface area contributed by atoms with Crippen LogP contribution in [0.25, 0.3) is 0 Å². The standard InChI is InChI=1S/C13H19N4O4S/c1-3-4-15-5-6-16(14-15)9-13(2)10(8-18)17-11(19)7-12(17)22(13,20)21/h5-6,8,10,12H,3-4,7,9H2,1-2H3/q+1/t10-,12?,13-/m0/s1. The molecular formula is C13H19N4O4S+. The van der Waals surface area contributed by atoms with Gasteiger partial charge in [0, 0.05) is 0 Å². The van der Waals surface area contributed by atoms with Crippen LogP contribution in [0.2, 0.25) is 0 Å². The van der Waals surface area contributed by atoms with Crippen LogP contribution < -0.4 is 4.68 Å². The van der Waals surface area contributed by atoms with E-state index in [2.05, 4.69) is 5.21 Å². The Kier molecular flexibility index (Phi) is 3.35. The first-order valence-electron chi connectivity index (χ1n) is 7.28. The fourth-order valence-corrected chi connectivity index (χ4v) is 5.63. The summed E-state index contributed by atoms with van der Waals surface area (Å²) < 4.78 is 27.4. The van der Waals surface area contributed by atoms with Crippen molar-refractivity contribution in [1.82, 2.24) is 14.8 Å². The van der Waals surface area contributed by atoms with Gasteiger partial charge >= 0.3 is 0 Å². The number of hydrogen-bond donors (Lipinski definition) is 0. The van der Waals surface area contributed by atoms with Crippen molar-refractivity contribution in [2.45, 2.75) is 55.9 Å². The van der Waals surface area contributed by atoms with Gasteiger partial charge in [-0.3, -0.25) is 4.79 Å². The highest BCUT2D eigenvalue weighted by atomic mass is 32.2. The van der Waals surface area contributed by atoms with Gasteiger partial charge in [-0.25, -0.2) is 8.42 Å². The van der Waals surface area contributed by atoms with Gasteiger partial charge < -0.3 is 9.69 Å². The van der Waals surface area contributed by atoms with Gasteiger partial charge in [0.05, 0.1) is 11.6 Å². The predicted octanol–water partition coefficient (Wildman–Crippen LogP) is -1.11. The number of amides is 1. The van der Waals surface area contributed by atoms with E-state index in [4.69, 9.17) is 0 Å². The van der Waals surface area contributed by atoms with Crippen molar-refractivity contribution in [3.8, 4) is 0 Å². The Bertz CT molecular complexity index is 728. The van der Waals surface area contributed by atoms with E-state index in [-0.39, 0.29) is 18.9 Å². The van der Waals surface area contributed by atoms with E-state index in [1.807, 2.05) is 6.92 Å². The summed E-state index contributed by atoms with van der Waals surface area (Å²) in [5.74, 6) is -0.282. The molecule has 0 bridgehead atoms. The summed E-state index contributed by atoms with van der Waals surface area (Å²) >= 11 is 0. The van der Waals surface area contributed by atoms with Crippen LogP contribution in [-0.2, 0) is 32.5 Å². The number of β-lactam (4-membered cyclic amide) rings is 1. The maximum atomic E-state index is 12.7. The Morgan fingerprint density at radius 3 is 2.86 bits per heavy atom. The second kappa shape index (κ2) is 4.87. The van der Waals surface area contributed by atoms with Crippen LogP contribution in [0.1, 0.15) is 26.7 Å². The minimum absolute atomic E-state index is 0.0306. The molecule has 0 saturated carbocycles. The number of carbonyl (C=O) groups is 2. The lowest BCUT2D eigenvalue weighted by Crippen LogP contribution is -2.58. The number of fused-ring (bicyclic) bond motifs is 1. The van der Waals surface area contributed by atoms with Crippen molar-refractivity contribution >= 4 is 22.0 Å². The molecule has 0 aliphatic carbocycles. The lowest BCUT2D eigenvalue weighted by Gasteiger charge is -2.35. The van der Waals surface area contributed by atoms with E-state index < -0.39 is 26.0 Å². The molecule has 22 heavy (non-hydrogen) atoms. The van der Waals surface area contributed by atoms with Crippen LogP contribution in [-0.4, -0.2) is 51.6 Å².